The Morgan fingerprint density at radius 2 is 2.13 bits per heavy atom. The van der Waals surface area contributed by atoms with Crippen molar-refractivity contribution < 1.29 is 12.8 Å². The van der Waals surface area contributed by atoms with Gasteiger partial charge < -0.3 is 5.32 Å². The van der Waals surface area contributed by atoms with Gasteiger partial charge in [0.2, 0.25) is 10.0 Å². The van der Waals surface area contributed by atoms with E-state index in [0.717, 1.165) is 5.56 Å². The molecule has 0 heterocycles. The molecule has 0 spiro atoms. The van der Waals surface area contributed by atoms with Crippen molar-refractivity contribution in [3.05, 3.63) is 29.6 Å². The average molecular weight is 232 g/mol. The predicted octanol–water partition coefficient (Wildman–Crippen LogP) is 0.835. The summed E-state index contributed by atoms with van der Waals surface area (Å²) in [4.78, 5) is 0. The Hall–Kier alpha value is -1.14. The molecule has 0 radical (unpaired) electrons. The first kappa shape index (κ1) is 11.9. The number of nitrogens with one attached hydrogen (secondary N) is 1. The van der Waals surface area contributed by atoms with Crippen LogP contribution < -0.4 is 10.5 Å². The lowest BCUT2D eigenvalue weighted by atomic mass is 10.2. The first-order valence-corrected chi connectivity index (χ1v) is 6.10. The number of sulfonamides is 1. The van der Waals surface area contributed by atoms with Crippen LogP contribution in [0.2, 0.25) is 0 Å². The monoisotopic (exact) mass is 232 g/mol. The summed E-state index contributed by atoms with van der Waals surface area (Å²) in [5.41, 5.74) is 1.09. The van der Waals surface area contributed by atoms with Crippen LogP contribution in [0.25, 0.3) is 0 Å². The first-order chi connectivity index (χ1) is 6.88. The number of benzene rings is 1. The van der Waals surface area contributed by atoms with Crippen LogP contribution in [0.1, 0.15) is 5.56 Å². The van der Waals surface area contributed by atoms with Gasteiger partial charge in [0.1, 0.15) is 5.82 Å². The average Bonchev–Trinajstić information content (AvgIpc) is 2.07. The molecular weight excluding hydrogens is 219 g/mol. The van der Waals surface area contributed by atoms with E-state index in [4.69, 9.17) is 5.14 Å². The largest absolute Gasteiger partial charge is 0.382 e. The molecule has 15 heavy (non-hydrogen) atoms. The number of anilines is 1. The number of hydrogen-bond donors (Lipinski definition) is 2. The first-order valence-electron chi connectivity index (χ1n) is 4.39. The molecule has 0 bridgehead atoms. The number of hydrogen-bond acceptors (Lipinski definition) is 3. The van der Waals surface area contributed by atoms with E-state index < -0.39 is 15.8 Å². The highest BCUT2D eigenvalue weighted by Crippen LogP contribution is 2.14. The van der Waals surface area contributed by atoms with E-state index in [1.807, 2.05) is 0 Å². The van der Waals surface area contributed by atoms with Crippen LogP contribution in [0.15, 0.2) is 18.2 Å². The summed E-state index contributed by atoms with van der Waals surface area (Å²) < 4.78 is 34.4. The van der Waals surface area contributed by atoms with E-state index in [1.165, 1.54) is 6.07 Å². The Morgan fingerprint density at radius 1 is 1.47 bits per heavy atom. The van der Waals surface area contributed by atoms with Gasteiger partial charge in [-0.25, -0.2) is 17.9 Å². The maximum absolute atomic E-state index is 13.2. The lowest BCUT2D eigenvalue weighted by molar-refractivity contribution is 0.597. The van der Waals surface area contributed by atoms with Crippen LogP contribution in [0.5, 0.6) is 0 Å². The zero-order valence-electron chi connectivity index (χ0n) is 8.33. The molecule has 0 aliphatic heterocycles. The van der Waals surface area contributed by atoms with Crippen LogP contribution in [0.4, 0.5) is 10.1 Å². The van der Waals surface area contributed by atoms with Gasteiger partial charge in [0, 0.05) is 6.54 Å². The molecule has 0 fully saturated rings. The maximum atomic E-state index is 13.2. The Bertz CT molecular complexity index is 445. The smallest absolute Gasteiger partial charge is 0.210 e. The third kappa shape index (κ3) is 4.26. The van der Waals surface area contributed by atoms with Crippen LogP contribution in [-0.4, -0.2) is 20.7 Å². The van der Waals surface area contributed by atoms with Crippen LogP contribution >= 0.6 is 0 Å². The van der Waals surface area contributed by atoms with Gasteiger partial charge in [0.25, 0.3) is 0 Å². The highest BCUT2D eigenvalue weighted by atomic mass is 32.2. The lowest BCUT2D eigenvalue weighted by Crippen LogP contribution is -2.22. The molecule has 0 aromatic heterocycles. The summed E-state index contributed by atoms with van der Waals surface area (Å²) in [7, 11) is -3.50. The van der Waals surface area contributed by atoms with Crippen molar-refractivity contribution in [1.29, 1.82) is 0 Å². The van der Waals surface area contributed by atoms with Gasteiger partial charge in [-0.15, -0.1) is 0 Å². The molecule has 4 nitrogen and oxygen atoms in total. The minimum atomic E-state index is -3.50. The second-order valence-corrected chi connectivity index (χ2v) is 5.01. The number of aryl methyl sites for hydroxylation is 1. The number of halogens is 1. The Labute approximate surface area is 88.3 Å². The van der Waals surface area contributed by atoms with Crippen LogP contribution in [-0.2, 0) is 10.0 Å². The summed E-state index contributed by atoms with van der Waals surface area (Å²) in [6.07, 6.45) is 0. The third-order valence-electron chi connectivity index (χ3n) is 1.83. The summed E-state index contributed by atoms with van der Waals surface area (Å²) in [5.74, 6) is -0.621. The summed E-state index contributed by atoms with van der Waals surface area (Å²) in [5, 5.41) is 7.46. The van der Waals surface area contributed by atoms with Gasteiger partial charge >= 0.3 is 0 Å². The topological polar surface area (TPSA) is 72.2 Å². The zero-order valence-corrected chi connectivity index (χ0v) is 9.14. The fourth-order valence-electron chi connectivity index (χ4n) is 1.09. The molecule has 0 saturated carbocycles. The quantitative estimate of drug-likeness (QED) is 0.807. The van der Waals surface area contributed by atoms with Gasteiger partial charge in [-0.1, -0.05) is 6.07 Å². The SMILES string of the molecule is Cc1ccc(NCCS(N)(=O)=O)c(F)c1. The van der Waals surface area contributed by atoms with Gasteiger partial charge in [-0.2, -0.15) is 0 Å². The molecule has 1 aromatic carbocycles. The van der Waals surface area contributed by atoms with Gasteiger partial charge in [-0.3, -0.25) is 0 Å². The van der Waals surface area contributed by atoms with E-state index in [0.29, 0.717) is 0 Å². The zero-order chi connectivity index (χ0) is 11.5. The summed E-state index contributed by atoms with van der Waals surface area (Å²) in [6.45, 7) is 1.87. The Kier molecular flexibility index (Phi) is 3.65. The van der Waals surface area contributed by atoms with E-state index >= 15 is 0 Å². The second-order valence-electron chi connectivity index (χ2n) is 3.28. The standard InChI is InChI=1S/C9H13FN2O2S/c1-7-2-3-9(8(10)6-7)12-4-5-15(11,13)14/h2-3,6,12H,4-5H2,1H3,(H2,11,13,14). The van der Waals surface area contributed by atoms with Gasteiger partial charge in [-0.05, 0) is 24.6 Å². The minimum absolute atomic E-state index is 0.0960. The molecule has 0 aliphatic rings. The number of nitrogens with two attached hydrogens (primary N) is 1. The highest BCUT2D eigenvalue weighted by Gasteiger charge is 2.04. The molecule has 84 valence electrons. The minimum Gasteiger partial charge on any atom is -0.382 e. The van der Waals surface area contributed by atoms with Crippen molar-refractivity contribution in [1.82, 2.24) is 0 Å². The number of primary sulfonamides is 1. The summed E-state index contributed by atoms with van der Waals surface area (Å²) in [6, 6.07) is 4.68. The van der Waals surface area contributed by atoms with Crippen molar-refractivity contribution in [2.45, 2.75) is 6.92 Å². The molecule has 0 saturated heterocycles. The molecular formula is C9H13FN2O2S. The van der Waals surface area contributed by atoms with E-state index in [-0.39, 0.29) is 18.0 Å². The maximum Gasteiger partial charge on any atom is 0.210 e. The lowest BCUT2D eigenvalue weighted by Gasteiger charge is -2.06. The van der Waals surface area contributed by atoms with E-state index in [2.05, 4.69) is 5.32 Å². The molecule has 6 heteroatoms. The second kappa shape index (κ2) is 4.59. The molecule has 3 N–H and O–H groups in total. The van der Waals surface area contributed by atoms with Crippen molar-refractivity contribution in [3.8, 4) is 0 Å². The van der Waals surface area contributed by atoms with E-state index in [9.17, 15) is 12.8 Å². The fourth-order valence-corrected chi connectivity index (χ4v) is 1.48. The van der Waals surface area contributed by atoms with Crippen molar-refractivity contribution in [2.24, 2.45) is 5.14 Å². The fraction of sp³-hybridized carbons (Fsp3) is 0.333. The molecule has 1 aromatic rings. The normalized spacial score (nSPS) is 11.4. The van der Waals surface area contributed by atoms with Crippen molar-refractivity contribution in [2.75, 3.05) is 17.6 Å². The number of rotatable bonds is 4. The molecule has 0 atom stereocenters. The van der Waals surface area contributed by atoms with Crippen molar-refractivity contribution >= 4 is 15.7 Å². The Balaban J connectivity index is 2.59. The van der Waals surface area contributed by atoms with Gasteiger partial charge in [0.05, 0.1) is 11.4 Å². The van der Waals surface area contributed by atoms with Crippen molar-refractivity contribution in [3.63, 3.8) is 0 Å². The van der Waals surface area contributed by atoms with E-state index in [1.54, 1.807) is 19.1 Å². The summed E-state index contributed by atoms with van der Waals surface area (Å²) >= 11 is 0. The van der Waals surface area contributed by atoms with Crippen LogP contribution in [0.3, 0.4) is 0 Å². The molecule has 0 amide bonds. The third-order valence-corrected chi connectivity index (χ3v) is 2.60. The molecule has 0 aliphatic carbocycles. The molecule has 0 unspecified atom stereocenters. The highest BCUT2D eigenvalue weighted by molar-refractivity contribution is 7.89. The van der Waals surface area contributed by atoms with Crippen LogP contribution in [0, 0.1) is 12.7 Å². The molecule has 1 rings (SSSR count). The Morgan fingerprint density at radius 3 is 2.67 bits per heavy atom. The van der Waals surface area contributed by atoms with Gasteiger partial charge in [0.15, 0.2) is 0 Å². The predicted molar refractivity (Wildman–Crippen MR) is 57.6 cm³/mol.